The van der Waals surface area contributed by atoms with Crippen LogP contribution in [0.15, 0.2) is 36.4 Å². The average Bonchev–Trinajstić information content (AvgIpc) is 2.51. The second-order valence-corrected chi connectivity index (χ2v) is 5.54. The first-order valence-corrected chi connectivity index (χ1v) is 7.49. The summed E-state index contributed by atoms with van der Waals surface area (Å²) in [5, 5.41) is 5.75. The molecule has 0 aliphatic carbocycles. The number of fused-ring (bicyclic) bond motifs is 1. The average molecular weight is 271 g/mol. The topological polar surface area (TPSA) is 21.3 Å². The second-order valence-electron chi connectivity index (χ2n) is 5.54. The zero-order valence-corrected chi connectivity index (χ0v) is 12.9. The zero-order valence-electron chi connectivity index (χ0n) is 12.9. The molecule has 0 amide bonds. The van der Waals surface area contributed by atoms with Crippen LogP contribution in [0.3, 0.4) is 0 Å². The Hall–Kier alpha value is -1.54. The summed E-state index contributed by atoms with van der Waals surface area (Å²) in [6.45, 7) is 7.37. The molecule has 2 aromatic carbocycles. The molecule has 0 aromatic heterocycles. The van der Waals surface area contributed by atoms with Crippen molar-refractivity contribution < 1.29 is 4.74 Å². The van der Waals surface area contributed by atoms with Crippen LogP contribution in [-0.2, 0) is 0 Å². The van der Waals surface area contributed by atoms with Crippen molar-refractivity contribution in [3.63, 3.8) is 0 Å². The van der Waals surface area contributed by atoms with E-state index in [1.807, 2.05) is 7.05 Å². The van der Waals surface area contributed by atoms with Gasteiger partial charge in [0.2, 0.25) is 0 Å². The van der Waals surface area contributed by atoms with E-state index in [1.54, 1.807) is 0 Å². The van der Waals surface area contributed by atoms with Crippen LogP contribution >= 0.6 is 0 Å². The molecule has 2 atom stereocenters. The van der Waals surface area contributed by atoms with Gasteiger partial charge in [0.25, 0.3) is 0 Å². The SMILES string of the molecule is CCC(C)COc1c(C(C)NC)ccc2ccccc12. The summed E-state index contributed by atoms with van der Waals surface area (Å²) in [5.74, 6) is 1.61. The van der Waals surface area contributed by atoms with E-state index in [1.165, 1.54) is 16.3 Å². The van der Waals surface area contributed by atoms with E-state index in [2.05, 4.69) is 62.5 Å². The third-order valence-electron chi connectivity index (χ3n) is 4.02. The largest absolute Gasteiger partial charge is 0.492 e. The molecule has 0 radical (unpaired) electrons. The highest BCUT2D eigenvalue weighted by Crippen LogP contribution is 2.33. The van der Waals surface area contributed by atoms with Crippen LogP contribution in [0, 0.1) is 5.92 Å². The van der Waals surface area contributed by atoms with Crippen LogP contribution in [0.1, 0.15) is 38.8 Å². The van der Waals surface area contributed by atoms with E-state index in [-0.39, 0.29) is 6.04 Å². The molecule has 2 rings (SSSR count). The molecule has 2 aromatic rings. The van der Waals surface area contributed by atoms with Crippen molar-refractivity contribution in [1.29, 1.82) is 0 Å². The number of hydrogen-bond donors (Lipinski definition) is 1. The van der Waals surface area contributed by atoms with Crippen LogP contribution < -0.4 is 10.1 Å². The highest BCUT2D eigenvalue weighted by Gasteiger charge is 2.14. The quantitative estimate of drug-likeness (QED) is 0.832. The molecule has 0 fully saturated rings. The van der Waals surface area contributed by atoms with Gasteiger partial charge in [0, 0.05) is 17.0 Å². The third kappa shape index (κ3) is 3.13. The maximum absolute atomic E-state index is 6.19. The fourth-order valence-corrected chi connectivity index (χ4v) is 2.26. The Labute approximate surface area is 122 Å². The van der Waals surface area contributed by atoms with Gasteiger partial charge in [-0.15, -0.1) is 0 Å². The minimum Gasteiger partial charge on any atom is -0.492 e. The molecule has 2 nitrogen and oxygen atoms in total. The minimum absolute atomic E-state index is 0.284. The van der Waals surface area contributed by atoms with Crippen molar-refractivity contribution >= 4 is 10.8 Å². The Balaban J connectivity index is 2.44. The summed E-state index contributed by atoms with van der Waals surface area (Å²) in [5.41, 5.74) is 1.23. The molecule has 2 unspecified atom stereocenters. The van der Waals surface area contributed by atoms with Crippen molar-refractivity contribution in [3.05, 3.63) is 42.0 Å². The lowest BCUT2D eigenvalue weighted by atomic mass is 10.0. The van der Waals surface area contributed by atoms with Crippen molar-refractivity contribution in [3.8, 4) is 5.75 Å². The Kier molecular flexibility index (Phi) is 5.02. The van der Waals surface area contributed by atoms with Gasteiger partial charge in [-0.3, -0.25) is 0 Å². The van der Waals surface area contributed by atoms with Gasteiger partial charge < -0.3 is 10.1 Å². The number of hydrogen-bond acceptors (Lipinski definition) is 2. The summed E-state index contributed by atoms with van der Waals surface area (Å²) in [4.78, 5) is 0. The number of rotatable bonds is 6. The van der Waals surface area contributed by atoms with E-state index < -0.39 is 0 Å². The summed E-state index contributed by atoms with van der Waals surface area (Å²) < 4.78 is 6.19. The van der Waals surface area contributed by atoms with Gasteiger partial charge in [0.05, 0.1) is 6.61 Å². The van der Waals surface area contributed by atoms with E-state index in [0.717, 1.165) is 18.8 Å². The smallest absolute Gasteiger partial charge is 0.131 e. The van der Waals surface area contributed by atoms with Gasteiger partial charge >= 0.3 is 0 Å². The maximum atomic E-state index is 6.19. The molecule has 2 heteroatoms. The third-order valence-corrected chi connectivity index (χ3v) is 4.02. The standard InChI is InChI=1S/C18H25NO/c1-5-13(2)12-20-18-16(14(3)19-4)11-10-15-8-6-7-9-17(15)18/h6-11,13-14,19H,5,12H2,1-4H3. The first-order valence-electron chi connectivity index (χ1n) is 7.49. The van der Waals surface area contributed by atoms with E-state index >= 15 is 0 Å². The molecule has 108 valence electrons. The lowest BCUT2D eigenvalue weighted by Crippen LogP contribution is -2.15. The van der Waals surface area contributed by atoms with Crippen molar-refractivity contribution in [2.75, 3.05) is 13.7 Å². The van der Waals surface area contributed by atoms with Gasteiger partial charge in [0.1, 0.15) is 5.75 Å². The molecule has 20 heavy (non-hydrogen) atoms. The molecule has 0 saturated heterocycles. The molecule has 0 saturated carbocycles. The number of ether oxygens (including phenoxy) is 1. The van der Waals surface area contributed by atoms with Crippen molar-refractivity contribution in [2.24, 2.45) is 5.92 Å². The van der Waals surface area contributed by atoms with E-state index in [9.17, 15) is 0 Å². The minimum atomic E-state index is 0.284. The summed E-state index contributed by atoms with van der Waals surface area (Å²) in [6.07, 6.45) is 1.14. The number of benzene rings is 2. The van der Waals surface area contributed by atoms with Crippen molar-refractivity contribution in [2.45, 2.75) is 33.2 Å². The van der Waals surface area contributed by atoms with Crippen LogP contribution in [-0.4, -0.2) is 13.7 Å². The van der Waals surface area contributed by atoms with Crippen LogP contribution in [0.5, 0.6) is 5.75 Å². The van der Waals surface area contributed by atoms with Crippen molar-refractivity contribution in [1.82, 2.24) is 5.32 Å². The Morgan fingerprint density at radius 2 is 1.85 bits per heavy atom. The highest BCUT2D eigenvalue weighted by molar-refractivity contribution is 5.89. The lowest BCUT2D eigenvalue weighted by molar-refractivity contribution is 0.255. The molecular formula is C18H25NO. The van der Waals surface area contributed by atoms with Crippen LogP contribution in [0.2, 0.25) is 0 Å². The Morgan fingerprint density at radius 3 is 2.55 bits per heavy atom. The maximum Gasteiger partial charge on any atom is 0.131 e. The first-order chi connectivity index (χ1) is 9.67. The van der Waals surface area contributed by atoms with Gasteiger partial charge in [-0.1, -0.05) is 56.7 Å². The molecule has 1 N–H and O–H groups in total. The molecule has 0 aliphatic rings. The molecular weight excluding hydrogens is 246 g/mol. The Bertz CT molecular complexity index is 564. The first kappa shape index (κ1) is 14.9. The van der Waals surface area contributed by atoms with E-state index in [0.29, 0.717) is 5.92 Å². The molecule has 0 bridgehead atoms. The zero-order chi connectivity index (χ0) is 14.5. The monoisotopic (exact) mass is 271 g/mol. The normalized spacial score (nSPS) is 14.2. The fraction of sp³-hybridized carbons (Fsp3) is 0.444. The highest BCUT2D eigenvalue weighted by atomic mass is 16.5. The van der Waals surface area contributed by atoms with Gasteiger partial charge in [-0.05, 0) is 25.3 Å². The molecule has 0 aliphatic heterocycles. The van der Waals surface area contributed by atoms with Crippen LogP contribution in [0.4, 0.5) is 0 Å². The predicted octanol–water partition coefficient (Wildman–Crippen LogP) is 4.55. The number of nitrogens with one attached hydrogen (secondary N) is 1. The molecule has 0 heterocycles. The molecule has 0 spiro atoms. The van der Waals surface area contributed by atoms with E-state index in [4.69, 9.17) is 4.74 Å². The second kappa shape index (κ2) is 6.76. The van der Waals surface area contributed by atoms with Gasteiger partial charge in [-0.25, -0.2) is 0 Å². The van der Waals surface area contributed by atoms with Gasteiger partial charge in [0.15, 0.2) is 0 Å². The predicted molar refractivity (Wildman–Crippen MR) is 86.4 cm³/mol. The summed E-state index contributed by atoms with van der Waals surface area (Å²) in [6, 6.07) is 13.1. The van der Waals surface area contributed by atoms with Crippen LogP contribution in [0.25, 0.3) is 10.8 Å². The summed E-state index contributed by atoms with van der Waals surface area (Å²) in [7, 11) is 1.98. The lowest BCUT2D eigenvalue weighted by Gasteiger charge is -2.20. The van der Waals surface area contributed by atoms with Gasteiger partial charge in [-0.2, -0.15) is 0 Å². The summed E-state index contributed by atoms with van der Waals surface area (Å²) >= 11 is 0. The Morgan fingerprint density at radius 1 is 1.10 bits per heavy atom. The fourth-order valence-electron chi connectivity index (χ4n) is 2.26.